The van der Waals surface area contributed by atoms with Gasteiger partial charge in [-0.05, 0) is 54.7 Å². The van der Waals surface area contributed by atoms with Crippen LogP contribution in [0.5, 0.6) is 5.75 Å². The number of nitrogens with one attached hydrogen (secondary N) is 1. The Balaban J connectivity index is 1.48. The largest absolute Gasteiger partial charge is 0.492 e. The molecule has 1 fully saturated rings. The molecule has 3 rings (SSSR count). The highest BCUT2D eigenvalue weighted by molar-refractivity contribution is 5.79. The van der Waals surface area contributed by atoms with Crippen molar-refractivity contribution in [2.75, 3.05) is 33.8 Å². The van der Waals surface area contributed by atoms with Crippen LogP contribution < -0.4 is 10.1 Å². The zero-order valence-electron chi connectivity index (χ0n) is 19.1. The molecule has 6 heteroatoms. The Morgan fingerprint density at radius 1 is 1.16 bits per heavy atom. The van der Waals surface area contributed by atoms with Crippen LogP contribution in [0, 0.1) is 13.8 Å². The van der Waals surface area contributed by atoms with E-state index in [2.05, 4.69) is 71.5 Å². The predicted octanol–water partition coefficient (Wildman–Crippen LogP) is 3.51. The van der Waals surface area contributed by atoms with E-state index in [1.54, 1.807) is 7.05 Å². The lowest BCUT2D eigenvalue weighted by Crippen LogP contribution is -2.40. The molecule has 1 aliphatic heterocycles. The fourth-order valence-corrected chi connectivity index (χ4v) is 3.92. The van der Waals surface area contributed by atoms with Crippen molar-refractivity contribution in [3.63, 3.8) is 0 Å². The summed E-state index contributed by atoms with van der Waals surface area (Å²) in [5.74, 6) is 1.99. The molecular weight excluding hydrogens is 388 g/mol. The third-order valence-electron chi connectivity index (χ3n) is 5.45. The standard InChI is InChI=1S/C25H34N4O2/c1-19-13-20(2)15-23(14-19)31-12-11-28(4)25(26-3)27-17-21-7-5-8-22(16-21)18-29-10-6-9-24(29)30/h5,7-8,13-16H,6,9-12,17-18H2,1-4H3,(H,26,27). The van der Waals surface area contributed by atoms with E-state index in [1.165, 1.54) is 22.3 Å². The van der Waals surface area contributed by atoms with Gasteiger partial charge in [0.2, 0.25) is 5.91 Å². The molecule has 1 amide bonds. The number of benzene rings is 2. The number of carbonyl (C=O) groups excluding carboxylic acids is 1. The molecule has 0 atom stereocenters. The molecule has 0 aliphatic carbocycles. The number of nitrogens with zero attached hydrogens (tertiary/aromatic N) is 3. The number of aliphatic imine (C=N–C) groups is 1. The van der Waals surface area contributed by atoms with Crippen molar-refractivity contribution < 1.29 is 9.53 Å². The van der Waals surface area contributed by atoms with Gasteiger partial charge >= 0.3 is 0 Å². The summed E-state index contributed by atoms with van der Waals surface area (Å²) in [6.07, 6.45) is 1.65. The molecule has 1 heterocycles. The first kappa shape index (κ1) is 22.7. The maximum atomic E-state index is 11.9. The van der Waals surface area contributed by atoms with Gasteiger partial charge in [-0.25, -0.2) is 0 Å². The third-order valence-corrected chi connectivity index (χ3v) is 5.45. The number of likely N-dealkylation sites (N-methyl/N-ethyl adjacent to an activating group) is 1. The monoisotopic (exact) mass is 422 g/mol. The van der Waals surface area contributed by atoms with Crippen molar-refractivity contribution in [1.29, 1.82) is 0 Å². The van der Waals surface area contributed by atoms with Crippen LogP contribution in [-0.2, 0) is 17.9 Å². The van der Waals surface area contributed by atoms with E-state index >= 15 is 0 Å². The zero-order chi connectivity index (χ0) is 22.2. The van der Waals surface area contributed by atoms with E-state index in [0.29, 0.717) is 26.1 Å². The van der Waals surface area contributed by atoms with Gasteiger partial charge in [-0.3, -0.25) is 9.79 Å². The van der Waals surface area contributed by atoms with Crippen LogP contribution in [0.3, 0.4) is 0 Å². The van der Waals surface area contributed by atoms with E-state index in [0.717, 1.165) is 31.2 Å². The zero-order valence-corrected chi connectivity index (χ0v) is 19.1. The van der Waals surface area contributed by atoms with E-state index in [1.807, 2.05) is 11.9 Å². The molecule has 1 aliphatic rings. The van der Waals surface area contributed by atoms with Gasteiger partial charge in [-0.1, -0.05) is 30.3 Å². The molecule has 0 radical (unpaired) electrons. The molecule has 0 bridgehead atoms. The molecule has 0 aromatic heterocycles. The first-order valence-corrected chi connectivity index (χ1v) is 10.9. The Morgan fingerprint density at radius 2 is 1.90 bits per heavy atom. The summed E-state index contributed by atoms with van der Waals surface area (Å²) in [7, 11) is 3.80. The number of ether oxygens (including phenoxy) is 1. The van der Waals surface area contributed by atoms with Crippen LogP contribution in [0.25, 0.3) is 0 Å². The highest BCUT2D eigenvalue weighted by Gasteiger charge is 2.19. The number of amides is 1. The summed E-state index contributed by atoms with van der Waals surface area (Å²) in [5, 5.41) is 3.42. The van der Waals surface area contributed by atoms with Crippen LogP contribution in [0.2, 0.25) is 0 Å². The number of aryl methyl sites for hydroxylation is 2. The van der Waals surface area contributed by atoms with Crippen LogP contribution >= 0.6 is 0 Å². The van der Waals surface area contributed by atoms with Crippen molar-refractivity contribution >= 4 is 11.9 Å². The van der Waals surface area contributed by atoms with Crippen molar-refractivity contribution in [3.8, 4) is 5.75 Å². The fraction of sp³-hybridized carbons (Fsp3) is 0.440. The van der Waals surface area contributed by atoms with E-state index < -0.39 is 0 Å². The molecule has 0 saturated carbocycles. The summed E-state index contributed by atoms with van der Waals surface area (Å²) in [5.41, 5.74) is 4.75. The number of guanidine groups is 1. The van der Waals surface area contributed by atoms with Crippen molar-refractivity contribution in [1.82, 2.24) is 15.1 Å². The van der Waals surface area contributed by atoms with Gasteiger partial charge < -0.3 is 19.9 Å². The van der Waals surface area contributed by atoms with Crippen molar-refractivity contribution in [2.45, 2.75) is 39.8 Å². The van der Waals surface area contributed by atoms with E-state index in [4.69, 9.17) is 4.74 Å². The van der Waals surface area contributed by atoms with E-state index in [-0.39, 0.29) is 5.91 Å². The highest BCUT2D eigenvalue weighted by Crippen LogP contribution is 2.16. The average Bonchev–Trinajstić information content (AvgIpc) is 3.12. The summed E-state index contributed by atoms with van der Waals surface area (Å²) >= 11 is 0. The SMILES string of the molecule is CN=C(NCc1cccc(CN2CCCC2=O)c1)N(C)CCOc1cc(C)cc(C)c1. The van der Waals surface area contributed by atoms with Crippen molar-refractivity contribution in [3.05, 3.63) is 64.7 Å². The second-order valence-electron chi connectivity index (χ2n) is 8.23. The predicted molar refractivity (Wildman–Crippen MR) is 125 cm³/mol. The Labute approximate surface area is 185 Å². The minimum Gasteiger partial charge on any atom is -0.492 e. The number of carbonyl (C=O) groups is 1. The Bertz CT molecular complexity index is 905. The average molecular weight is 423 g/mol. The molecule has 31 heavy (non-hydrogen) atoms. The van der Waals surface area contributed by atoms with Crippen LogP contribution in [0.4, 0.5) is 0 Å². The quantitative estimate of drug-likeness (QED) is 0.522. The van der Waals surface area contributed by atoms with Crippen LogP contribution in [0.1, 0.15) is 35.1 Å². The number of likely N-dealkylation sites (tertiary alicyclic amines) is 1. The van der Waals surface area contributed by atoms with Gasteiger partial charge in [0.25, 0.3) is 0 Å². The second-order valence-corrected chi connectivity index (χ2v) is 8.23. The minimum absolute atomic E-state index is 0.258. The van der Waals surface area contributed by atoms with Gasteiger partial charge in [0.05, 0.1) is 6.54 Å². The Kier molecular flexibility index (Phi) is 7.93. The molecule has 2 aromatic rings. The Hall–Kier alpha value is -3.02. The lowest BCUT2D eigenvalue weighted by atomic mass is 10.1. The van der Waals surface area contributed by atoms with Gasteiger partial charge in [0, 0.05) is 40.2 Å². The molecule has 2 aromatic carbocycles. The molecule has 1 saturated heterocycles. The van der Waals surface area contributed by atoms with Gasteiger partial charge in [0.1, 0.15) is 12.4 Å². The van der Waals surface area contributed by atoms with Gasteiger partial charge in [-0.2, -0.15) is 0 Å². The topological polar surface area (TPSA) is 57.2 Å². The third kappa shape index (κ3) is 6.74. The fourth-order valence-electron chi connectivity index (χ4n) is 3.92. The molecule has 0 unspecified atom stereocenters. The number of hydrogen-bond acceptors (Lipinski definition) is 3. The molecule has 1 N–H and O–H groups in total. The van der Waals surface area contributed by atoms with E-state index in [9.17, 15) is 4.79 Å². The maximum absolute atomic E-state index is 11.9. The van der Waals surface area contributed by atoms with Gasteiger partial charge in [0.15, 0.2) is 5.96 Å². The van der Waals surface area contributed by atoms with Crippen molar-refractivity contribution in [2.24, 2.45) is 4.99 Å². The number of hydrogen-bond donors (Lipinski definition) is 1. The maximum Gasteiger partial charge on any atom is 0.222 e. The second kappa shape index (κ2) is 10.8. The van der Waals surface area contributed by atoms with Gasteiger partial charge in [-0.15, -0.1) is 0 Å². The first-order chi connectivity index (χ1) is 14.9. The smallest absolute Gasteiger partial charge is 0.222 e. The Morgan fingerprint density at radius 3 is 2.58 bits per heavy atom. The summed E-state index contributed by atoms with van der Waals surface area (Å²) in [6, 6.07) is 14.7. The lowest BCUT2D eigenvalue weighted by Gasteiger charge is -2.22. The molecular formula is C25H34N4O2. The first-order valence-electron chi connectivity index (χ1n) is 10.9. The molecule has 166 valence electrons. The summed E-state index contributed by atoms with van der Waals surface area (Å²) < 4.78 is 5.93. The molecule has 0 spiro atoms. The van der Waals surface area contributed by atoms with Crippen LogP contribution in [-0.4, -0.2) is 55.5 Å². The highest BCUT2D eigenvalue weighted by atomic mass is 16.5. The van der Waals surface area contributed by atoms with Crippen LogP contribution in [0.15, 0.2) is 47.5 Å². The minimum atomic E-state index is 0.258. The molecule has 6 nitrogen and oxygen atoms in total. The lowest BCUT2D eigenvalue weighted by molar-refractivity contribution is -0.128. The normalized spacial score (nSPS) is 14.1. The number of rotatable bonds is 8. The summed E-state index contributed by atoms with van der Waals surface area (Å²) in [6.45, 7) is 7.70. The summed E-state index contributed by atoms with van der Waals surface area (Å²) in [4.78, 5) is 20.3.